The number of aryl methyl sites for hydroxylation is 1. The van der Waals surface area contributed by atoms with E-state index in [-0.39, 0.29) is 30.5 Å². The number of rotatable bonds is 10. The fourth-order valence-corrected chi connectivity index (χ4v) is 3.05. The standard InChI is InChI=1S/C22H33N3O5.HI/c1-7-23-21(25-14-22(3,26)18-11-8-15(2)30-18)24-13-12-16-9-10-17(27-4)20(29-6)19(16)28-5;/h8-11,26H,7,12-14H2,1-6H3,(H2,23,24,25);1H. The van der Waals surface area contributed by atoms with Gasteiger partial charge in [0, 0.05) is 18.7 Å². The van der Waals surface area contributed by atoms with Crippen molar-refractivity contribution < 1.29 is 23.7 Å². The smallest absolute Gasteiger partial charge is 0.203 e. The summed E-state index contributed by atoms with van der Waals surface area (Å²) >= 11 is 0. The third-order valence-corrected chi connectivity index (χ3v) is 4.63. The van der Waals surface area contributed by atoms with Crippen LogP contribution in [0.25, 0.3) is 0 Å². The van der Waals surface area contributed by atoms with Gasteiger partial charge in [0.15, 0.2) is 17.5 Å². The molecule has 0 bridgehead atoms. The summed E-state index contributed by atoms with van der Waals surface area (Å²) in [5.41, 5.74) is -0.208. The number of furan rings is 1. The Morgan fingerprint density at radius 3 is 2.32 bits per heavy atom. The summed E-state index contributed by atoms with van der Waals surface area (Å²) in [5, 5.41) is 17.2. The quantitative estimate of drug-likeness (QED) is 0.239. The summed E-state index contributed by atoms with van der Waals surface area (Å²) < 4.78 is 21.9. The van der Waals surface area contributed by atoms with Crippen molar-refractivity contribution >= 4 is 29.9 Å². The first-order valence-electron chi connectivity index (χ1n) is 9.95. The van der Waals surface area contributed by atoms with Gasteiger partial charge in [0.05, 0.1) is 27.9 Å². The summed E-state index contributed by atoms with van der Waals surface area (Å²) in [6.45, 7) is 6.99. The van der Waals surface area contributed by atoms with Crippen LogP contribution in [0, 0.1) is 6.92 Å². The molecule has 0 fully saturated rings. The van der Waals surface area contributed by atoms with Crippen molar-refractivity contribution in [2.45, 2.75) is 32.8 Å². The number of hydrogen-bond donors (Lipinski definition) is 3. The van der Waals surface area contributed by atoms with Gasteiger partial charge in [-0.3, -0.25) is 0 Å². The van der Waals surface area contributed by atoms with Crippen LogP contribution in [0.3, 0.4) is 0 Å². The molecule has 2 aromatic rings. The molecule has 0 aliphatic carbocycles. The molecule has 0 saturated carbocycles. The van der Waals surface area contributed by atoms with Crippen LogP contribution in [0.5, 0.6) is 17.2 Å². The van der Waals surface area contributed by atoms with Gasteiger partial charge < -0.3 is 34.4 Å². The van der Waals surface area contributed by atoms with Crippen LogP contribution in [0.1, 0.15) is 30.9 Å². The van der Waals surface area contributed by atoms with E-state index in [0.29, 0.717) is 48.5 Å². The molecule has 0 aliphatic rings. The molecule has 0 spiro atoms. The fraction of sp³-hybridized carbons (Fsp3) is 0.500. The first kappa shape index (κ1) is 26.9. The van der Waals surface area contributed by atoms with Crippen molar-refractivity contribution in [2.24, 2.45) is 4.99 Å². The van der Waals surface area contributed by atoms with Gasteiger partial charge in [0.2, 0.25) is 5.75 Å². The summed E-state index contributed by atoms with van der Waals surface area (Å²) in [6, 6.07) is 7.41. The summed E-state index contributed by atoms with van der Waals surface area (Å²) in [4.78, 5) is 4.51. The number of nitrogens with zero attached hydrogens (tertiary/aromatic N) is 1. The molecule has 0 saturated heterocycles. The van der Waals surface area contributed by atoms with Gasteiger partial charge in [-0.1, -0.05) is 6.07 Å². The molecule has 174 valence electrons. The minimum absolute atomic E-state index is 0. The molecular weight excluding hydrogens is 513 g/mol. The number of methoxy groups -OCH3 is 3. The topological polar surface area (TPSA) is 97.5 Å². The molecule has 1 unspecified atom stereocenters. The first-order chi connectivity index (χ1) is 14.4. The van der Waals surface area contributed by atoms with Gasteiger partial charge >= 0.3 is 0 Å². The minimum atomic E-state index is -1.19. The summed E-state index contributed by atoms with van der Waals surface area (Å²) in [6.07, 6.45) is 0.682. The Hall–Kier alpha value is -2.14. The Morgan fingerprint density at radius 1 is 1.06 bits per heavy atom. The van der Waals surface area contributed by atoms with Crippen molar-refractivity contribution in [1.29, 1.82) is 0 Å². The third-order valence-electron chi connectivity index (χ3n) is 4.63. The van der Waals surface area contributed by atoms with Crippen LogP contribution >= 0.6 is 24.0 Å². The predicted octanol–water partition coefficient (Wildman–Crippen LogP) is 3.24. The monoisotopic (exact) mass is 547 g/mol. The largest absolute Gasteiger partial charge is 0.493 e. The second-order valence-electron chi connectivity index (χ2n) is 7.05. The molecule has 3 N–H and O–H groups in total. The molecule has 1 aromatic carbocycles. The SMILES string of the molecule is CCNC(=NCC(C)(O)c1ccc(C)o1)NCCc1ccc(OC)c(OC)c1OC.I. The van der Waals surface area contributed by atoms with E-state index in [1.807, 2.05) is 32.0 Å². The molecule has 9 heteroatoms. The Kier molecular flexibility index (Phi) is 11.0. The lowest BCUT2D eigenvalue weighted by molar-refractivity contribution is 0.0428. The van der Waals surface area contributed by atoms with E-state index in [1.54, 1.807) is 34.3 Å². The number of nitrogens with one attached hydrogen (secondary N) is 2. The lowest BCUT2D eigenvalue weighted by atomic mass is 10.0. The zero-order chi connectivity index (χ0) is 22.1. The molecule has 31 heavy (non-hydrogen) atoms. The zero-order valence-electron chi connectivity index (χ0n) is 19.1. The maximum atomic E-state index is 10.7. The molecule has 8 nitrogen and oxygen atoms in total. The first-order valence-corrected chi connectivity index (χ1v) is 9.95. The van der Waals surface area contributed by atoms with Crippen molar-refractivity contribution in [2.75, 3.05) is 41.0 Å². The van der Waals surface area contributed by atoms with Crippen LogP contribution in [0.2, 0.25) is 0 Å². The maximum Gasteiger partial charge on any atom is 0.203 e. The fourth-order valence-electron chi connectivity index (χ4n) is 3.05. The van der Waals surface area contributed by atoms with Crippen LogP contribution in [-0.2, 0) is 12.0 Å². The Morgan fingerprint density at radius 2 is 1.77 bits per heavy atom. The van der Waals surface area contributed by atoms with Gasteiger partial charge in [-0.25, -0.2) is 4.99 Å². The minimum Gasteiger partial charge on any atom is -0.493 e. The number of guanidine groups is 1. The molecule has 0 radical (unpaired) electrons. The van der Waals surface area contributed by atoms with Gasteiger partial charge in [-0.05, 0) is 45.4 Å². The van der Waals surface area contributed by atoms with E-state index in [0.717, 1.165) is 11.3 Å². The van der Waals surface area contributed by atoms with E-state index in [9.17, 15) is 5.11 Å². The number of aliphatic hydroxyl groups is 1. The van der Waals surface area contributed by atoms with Crippen LogP contribution in [-0.4, -0.2) is 52.0 Å². The second kappa shape index (κ2) is 12.7. The van der Waals surface area contributed by atoms with Crippen molar-refractivity contribution in [1.82, 2.24) is 10.6 Å². The highest BCUT2D eigenvalue weighted by molar-refractivity contribution is 14.0. The Balaban J connectivity index is 0.00000480. The van der Waals surface area contributed by atoms with E-state index in [1.165, 1.54) is 0 Å². The highest BCUT2D eigenvalue weighted by Crippen LogP contribution is 2.39. The molecule has 2 rings (SSSR count). The predicted molar refractivity (Wildman–Crippen MR) is 132 cm³/mol. The Bertz CT molecular complexity index is 852. The van der Waals surface area contributed by atoms with E-state index < -0.39 is 5.60 Å². The average Bonchev–Trinajstić information content (AvgIpc) is 3.18. The average molecular weight is 547 g/mol. The van der Waals surface area contributed by atoms with Crippen molar-refractivity contribution in [3.8, 4) is 17.2 Å². The number of hydrogen-bond acceptors (Lipinski definition) is 6. The number of ether oxygens (including phenoxy) is 3. The van der Waals surface area contributed by atoms with E-state index >= 15 is 0 Å². The highest BCUT2D eigenvalue weighted by atomic mass is 127. The highest BCUT2D eigenvalue weighted by Gasteiger charge is 2.26. The number of aliphatic imine (C=N–C) groups is 1. The van der Waals surface area contributed by atoms with Gasteiger partial charge in [0.1, 0.15) is 17.1 Å². The molecule has 0 aliphatic heterocycles. The van der Waals surface area contributed by atoms with Crippen LogP contribution in [0.4, 0.5) is 0 Å². The molecule has 1 aromatic heterocycles. The zero-order valence-corrected chi connectivity index (χ0v) is 21.4. The van der Waals surface area contributed by atoms with Gasteiger partial charge in [-0.2, -0.15) is 0 Å². The third kappa shape index (κ3) is 7.20. The van der Waals surface area contributed by atoms with Crippen molar-refractivity contribution in [3.05, 3.63) is 41.3 Å². The normalized spacial score (nSPS) is 13.1. The van der Waals surface area contributed by atoms with Crippen molar-refractivity contribution in [3.63, 3.8) is 0 Å². The molecule has 0 amide bonds. The Labute approximate surface area is 201 Å². The lowest BCUT2D eigenvalue weighted by Gasteiger charge is -2.20. The van der Waals surface area contributed by atoms with Crippen LogP contribution < -0.4 is 24.8 Å². The maximum absolute atomic E-state index is 10.7. The summed E-state index contributed by atoms with van der Waals surface area (Å²) in [5.74, 6) is 3.70. The summed E-state index contributed by atoms with van der Waals surface area (Å²) in [7, 11) is 4.79. The van der Waals surface area contributed by atoms with Gasteiger partial charge in [-0.15, -0.1) is 24.0 Å². The van der Waals surface area contributed by atoms with Gasteiger partial charge in [0.25, 0.3) is 0 Å². The molecular formula is C22H34IN3O5. The number of benzene rings is 1. The van der Waals surface area contributed by atoms with E-state index in [2.05, 4.69) is 15.6 Å². The second-order valence-corrected chi connectivity index (χ2v) is 7.05. The lowest BCUT2D eigenvalue weighted by Crippen LogP contribution is -2.39. The number of halogens is 1. The molecule has 1 heterocycles. The molecule has 1 atom stereocenters. The van der Waals surface area contributed by atoms with Crippen LogP contribution in [0.15, 0.2) is 33.7 Å². The van der Waals surface area contributed by atoms with E-state index in [4.69, 9.17) is 18.6 Å².